The van der Waals surface area contributed by atoms with Crippen LogP contribution < -0.4 is 11.2 Å². The maximum atomic E-state index is 12.9. The van der Waals surface area contributed by atoms with Crippen LogP contribution in [0.2, 0.25) is 5.02 Å². The normalized spacial score (nSPS) is 11.8. The lowest BCUT2D eigenvalue weighted by molar-refractivity contribution is -0.137. The van der Waals surface area contributed by atoms with Gasteiger partial charge in [0.25, 0.3) is 5.56 Å². The number of fused-ring (bicyclic) bond motifs is 1. The molecule has 23 heavy (non-hydrogen) atoms. The second-order valence-corrected chi connectivity index (χ2v) is 5.24. The van der Waals surface area contributed by atoms with E-state index in [4.69, 9.17) is 11.6 Å². The molecule has 1 aromatic heterocycles. The van der Waals surface area contributed by atoms with Crippen molar-refractivity contribution < 1.29 is 13.2 Å². The quantitative estimate of drug-likeness (QED) is 0.738. The van der Waals surface area contributed by atoms with Crippen LogP contribution in [0, 0.1) is 0 Å². The summed E-state index contributed by atoms with van der Waals surface area (Å²) < 4.78 is 39.6. The SMILES string of the molecule is O=c1[nH]c(=O)n(-c2cccc(C(F)(F)F)c2)c2cc(Cl)ccc12. The van der Waals surface area contributed by atoms with Crippen molar-refractivity contribution in [2.75, 3.05) is 0 Å². The average Bonchev–Trinajstić information content (AvgIpc) is 2.46. The van der Waals surface area contributed by atoms with Gasteiger partial charge in [-0.05, 0) is 36.4 Å². The highest BCUT2D eigenvalue weighted by Gasteiger charge is 2.30. The van der Waals surface area contributed by atoms with Crippen molar-refractivity contribution in [3.05, 3.63) is 73.9 Å². The molecular formula is C15H8ClF3N2O2. The number of halogens is 4. The molecule has 0 unspecified atom stereocenters. The number of hydrogen-bond donors (Lipinski definition) is 1. The first-order chi connectivity index (χ1) is 10.8. The van der Waals surface area contributed by atoms with E-state index in [0.717, 1.165) is 16.7 Å². The first-order valence-electron chi connectivity index (χ1n) is 6.39. The highest BCUT2D eigenvalue weighted by Crippen LogP contribution is 2.30. The highest BCUT2D eigenvalue weighted by atomic mass is 35.5. The third-order valence-corrected chi connectivity index (χ3v) is 3.54. The van der Waals surface area contributed by atoms with E-state index in [1.165, 1.54) is 30.3 Å². The molecule has 2 aromatic carbocycles. The van der Waals surface area contributed by atoms with Crippen molar-refractivity contribution >= 4 is 22.5 Å². The van der Waals surface area contributed by atoms with Crippen LogP contribution in [-0.2, 0) is 6.18 Å². The lowest BCUT2D eigenvalue weighted by atomic mass is 10.1. The minimum Gasteiger partial charge on any atom is -0.273 e. The van der Waals surface area contributed by atoms with Crippen molar-refractivity contribution in [3.8, 4) is 5.69 Å². The van der Waals surface area contributed by atoms with Gasteiger partial charge in [-0.3, -0.25) is 14.3 Å². The molecule has 0 atom stereocenters. The molecule has 0 saturated heterocycles. The van der Waals surface area contributed by atoms with Gasteiger partial charge in [0.2, 0.25) is 0 Å². The number of nitrogens with one attached hydrogen (secondary N) is 1. The van der Waals surface area contributed by atoms with Crippen LogP contribution >= 0.6 is 11.6 Å². The zero-order chi connectivity index (χ0) is 16.8. The van der Waals surface area contributed by atoms with E-state index in [2.05, 4.69) is 4.98 Å². The first kappa shape index (κ1) is 15.4. The summed E-state index contributed by atoms with van der Waals surface area (Å²) in [6.07, 6.45) is -4.55. The maximum absolute atomic E-state index is 12.9. The topological polar surface area (TPSA) is 54.9 Å². The summed E-state index contributed by atoms with van der Waals surface area (Å²) in [7, 11) is 0. The minimum absolute atomic E-state index is 0.0201. The van der Waals surface area contributed by atoms with Crippen LogP contribution in [0.1, 0.15) is 5.56 Å². The number of nitrogens with zero attached hydrogens (tertiary/aromatic N) is 1. The maximum Gasteiger partial charge on any atom is 0.416 e. The fourth-order valence-corrected chi connectivity index (χ4v) is 2.46. The van der Waals surface area contributed by atoms with E-state index in [-0.39, 0.29) is 21.6 Å². The minimum atomic E-state index is -4.55. The summed E-state index contributed by atoms with van der Waals surface area (Å²) in [5, 5.41) is 0.398. The number of alkyl halides is 3. The Hall–Kier alpha value is -2.54. The van der Waals surface area contributed by atoms with Gasteiger partial charge >= 0.3 is 11.9 Å². The van der Waals surface area contributed by atoms with E-state index in [1.54, 1.807) is 0 Å². The predicted octanol–water partition coefficient (Wildman–Crippen LogP) is 3.35. The zero-order valence-electron chi connectivity index (χ0n) is 11.3. The molecule has 0 saturated carbocycles. The van der Waals surface area contributed by atoms with Crippen molar-refractivity contribution in [1.82, 2.24) is 9.55 Å². The second kappa shape index (κ2) is 5.27. The lowest BCUT2D eigenvalue weighted by Crippen LogP contribution is -2.29. The second-order valence-electron chi connectivity index (χ2n) is 4.80. The third kappa shape index (κ3) is 2.75. The van der Waals surface area contributed by atoms with Gasteiger partial charge in [0.05, 0.1) is 22.2 Å². The Kier molecular flexibility index (Phi) is 3.52. The number of rotatable bonds is 1. The van der Waals surface area contributed by atoms with Crippen molar-refractivity contribution in [2.24, 2.45) is 0 Å². The van der Waals surface area contributed by atoms with Gasteiger partial charge in [-0.25, -0.2) is 4.79 Å². The Balaban J connectivity index is 2.39. The van der Waals surface area contributed by atoms with Crippen molar-refractivity contribution in [2.45, 2.75) is 6.18 Å². The van der Waals surface area contributed by atoms with Gasteiger partial charge in [-0.15, -0.1) is 0 Å². The Labute approximate surface area is 131 Å². The van der Waals surface area contributed by atoms with Crippen LogP contribution in [0.25, 0.3) is 16.6 Å². The fraction of sp³-hybridized carbons (Fsp3) is 0.0667. The molecule has 4 nitrogen and oxygen atoms in total. The van der Waals surface area contributed by atoms with E-state index in [0.29, 0.717) is 0 Å². The zero-order valence-corrected chi connectivity index (χ0v) is 12.1. The summed E-state index contributed by atoms with van der Waals surface area (Å²) in [5.41, 5.74) is -2.27. The van der Waals surface area contributed by atoms with Gasteiger partial charge in [0, 0.05) is 5.02 Å². The molecule has 0 aliphatic carbocycles. The van der Waals surface area contributed by atoms with Gasteiger partial charge in [0.15, 0.2) is 0 Å². The first-order valence-corrected chi connectivity index (χ1v) is 6.77. The lowest BCUT2D eigenvalue weighted by Gasteiger charge is -2.12. The largest absolute Gasteiger partial charge is 0.416 e. The monoisotopic (exact) mass is 340 g/mol. The smallest absolute Gasteiger partial charge is 0.273 e. The van der Waals surface area contributed by atoms with Crippen LogP contribution in [0.15, 0.2) is 52.1 Å². The summed E-state index contributed by atoms with van der Waals surface area (Å²) in [6.45, 7) is 0. The van der Waals surface area contributed by atoms with Gasteiger partial charge in [-0.1, -0.05) is 17.7 Å². The number of aromatic amines is 1. The standard InChI is InChI=1S/C15H8ClF3N2O2/c16-9-4-5-11-12(7-9)21(14(23)20-13(11)22)10-3-1-2-8(6-10)15(17,18)19/h1-7H,(H,20,22,23). The Morgan fingerprint density at radius 2 is 1.78 bits per heavy atom. The predicted molar refractivity (Wildman–Crippen MR) is 80.2 cm³/mol. The van der Waals surface area contributed by atoms with Crippen LogP contribution in [0.5, 0.6) is 0 Å². The van der Waals surface area contributed by atoms with Crippen molar-refractivity contribution in [1.29, 1.82) is 0 Å². The molecule has 0 spiro atoms. The molecule has 8 heteroatoms. The van der Waals surface area contributed by atoms with Crippen LogP contribution in [-0.4, -0.2) is 9.55 Å². The number of benzene rings is 2. The van der Waals surface area contributed by atoms with Crippen LogP contribution in [0.3, 0.4) is 0 Å². The molecule has 0 amide bonds. The summed E-state index contributed by atoms with van der Waals surface area (Å²) in [6, 6.07) is 8.48. The van der Waals surface area contributed by atoms with E-state index < -0.39 is 23.0 Å². The third-order valence-electron chi connectivity index (χ3n) is 3.30. The average molecular weight is 341 g/mol. The molecule has 3 rings (SSSR count). The van der Waals surface area contributed by atoms with E-state index in [1.807, 2.05) is 0 Å². The molecule has 0 fully saturated rings. The molecule has 0 aliphatic heterocycles. The number of H-pyrrole nitrogens is 1. The Morgan fingerprint density at radius 1 is 1.04 bits per heavy atom. The number of aromatic nitrogens is 2. The molecule has 3 aromatic rings. The highest BCUT2D eigenvalue weighted by molar-refractivity contribution is 6.31. The molecule has 1 N–H and O–H groups in total. The van der Waals surface area contributed by atoms with Gasteiger partial charge in [-0.2, -0.15) is 13.2 Å². The molecule has 0 aliphatic rings. The van der Waals surface area contributed by atoms with Gasteiger partial charge in [0.1, 0.15) is 0 Å². The van der Waals surface area contributed by atoms with Crippen molar-refractivity contribution in [3.63, 3.8) is 0 Å². The van der Waals surface area contributed by atoms with E-state index in [9.17, 15) is 22.8 Å². The van der Waals surface area contributed by atoms with Crippen LogP contribution in [0.4, 0.5) is 13.2 Å². The van der Waals surface area contributed by atoms with E-state index >= 15 is 0 Å². The Morgan fingerprint density at radius 3 is 2.48 bits per heavy atom. The molecule has 1 heterocycles. The number of hydrogen-bond acceptors (Lipinski definition) is 2. The fourth-order valence-electron chi connectivity index (χ4n) is 2.29. The molecule has 0 radical (unpaired) electrons. The molecular weight excluding hydrogens is 333 g/mol. The summed E-state index contributed by atoms with van der Waals surface area (Å²) in [4.78, 5) is 26.0. The summed E-state index contributed by atoms with van der Waals surface area (Å²) >= 11 is 5.88. The summed E-state index contributed by atoms with van der Waals surface area (Å²) in [5.74, 6) is 0. The molecule has 118 valence electrons. The Bertz CT molecular complexity index is 1020. The molecule has 0 bridgehead atoms. The van der Waals surface area contributed by atoms with Gasteiger partial charge < -0.3 is 0 Å².